The van der Waals surface area contributed by atoms with Crippen molar-refractivity contribution in [2.24, 2.45) is 0 Å². The zero-order valence-electron chi connectivity index (χ0n) is 7.17. The molecule has 0 bridgehead atoms. The van der Waals surface area contributed by atoms with Crippen molar-refractivity contribution in [3.05, 3.63) is 28.6 Å². The lowest BCUT2D eigenvalue weighted by Crippen LogP contribution is -1.87. The maximum atomic E-state index is 4.48. The largest absolute Gasteiger partial charge is 0.144 e. The summed E-state index contributed by atoms with van der Waals surface area (Å²) in [6, 6.07) is 4.32. The van der Waals surface area contributed by atoms with E-state index in [0.29, 0.717) is 0 Å². The van der Waals surface area contributed by atoms with E-state index in [-0.39, 0.29) is 0 Å². The van der Waals surface area contributed by atoms with Crippen molar-refractivity contribution in [1.82, 2.24) is 0 Å². The number of benzene rings is 1. The molecule has 0 N–H and O–H groups in total. The van der Waals surface area contributed by atoms with Crippen LogP contribution < -0.4 is 0 Å². The van der Waals surface area contributed by atoms with Crippen molar-refractivity contribution in [2.45, 2.75) is 17.1 Å². The Hall–Kier alpha value is 0.01000. The van der Waals surface area contributed by atoms with Gasteiger partial charge in [-0.1, -0.05) is 15.9 Å². The van der Waals surface area contributed by atoms with E-state index in [1.54, 1.807) is 11.3 Å². The van der Waals surface area contributed by atoms with E-state index in [2.05, 4.69) is 53.0 Å². The third kappa shape index (κ3) is 1.53. The highest BCUT2D eigenvalue weighted by Crippen LogP contribution is 2.32. The molecule has 1 heterocycles. The van der Waals surface area contributed by atoms with Gasteiger partial charge in [0.25, 0.3) is 0 Å². The van der Waals surface area contributed by atoms with Gasteiger partial charge >= 0.3 is 0 Å². The van der Waals surface area contributed by atoms with Gasteiger partial charge in [-0.25, -0.2) is 0 Å². The van der Waals surface area contributed by atoms with Gasteiger partial charge in [0.05, 0.1) is 0 Å². The maximum Gasteiger partial charge on any atom is 0.0356 e. The number of halogens is 1. The molecule has 0 radical (unpaired) electrons. The molecule has 0 spiro atoms. The van der Waals surface area contributed by atoms with Crippen LogP contribution in [-0.4, -0.2) is 0 Å². The van der Waals surface area contributed by atoms with Crippen molar-refractivity contribution in [1.29, 1.82) is 0 Å². The molecule has 0 atom stereocenters. The summed E-state index contributed by atoms with van der Waals surface area (Å²) in [6.45, 7) is 2.16. The van der Waals surface area contributed by atoms with Crippen molar-refractivity contribution in [3.8, 4) is 0 Å². The first kappa shape index (κ1) is 9.56. The van der Waals surface area contributed by atoms with Crippen LogP contribution >= 0.6 is 39.9 Å². The standard InChI is InChI=1S/C10H9BrS2/c1-6-7-2-3-13-10(7)4-9(12)8(6)5-11/h2-4,12H,5H2,1H3. The summed E-state index contributed by atoms with van der Waals surface area (Å²) in [5.41, 5.74) is 2.65. The van der Waals surface area contributed by atoms with Crippen LogP contribution in [0.4, 0.5) is 0 Å². The predicted molar refractivity (Wildman–Crippen MR) is 66.4 cm³/mol. The maximum absolute atomic E-state index is 4.48. The molecule has 1 aromatic carbocycles. The van der Waals surface area contributed by atoms with Gasteiger partial charge in [-0.2, -0.15) is 0 Å². The van der Waals surface area contributed by atoms with Crippen molar-refractivity contribution in [3.63, 3.8) is 0 Å². The topological polar surface area (TPSA) is 0 Å². The van der Waals surface area contributed by atoms with Gasteiger partial charge in [0.1, 0.15) is 0 Å². The fraction of sp³-hybridized carbons (Fsp3) is 0.200. The minimum Gasteiger partial charge on any atom is -0.144 e. The Morgan fingerprint density at radius 1 is 1.54 bits per heavy atom. The summed E-state index contributed by atoms with van der Waals surface area (Å²) in [6.07, 6.45) is 0. The molecule has 0 unspecified atom stereocenters. The van der Waals surface area contributed by atoms with Crippen LogP contribution in [0, 0.1) is 6.92 Å². The molecule has 0 nitrogen and oxygen atoms in total. The fourth-order valence-electron chi connectivity index (χ4n) is 1.48. The molecule has 13 heavy (non-hydrogen) atoms. The third-order valence-corrected chi connectivity index (χ3v) is 4.09. The highest BCUT2D eigenvalue weighted by Gasteiger charge is 2.07. The summed E-state index contributed by atoms with van der Waals surface area (Å²) in [5, 5.41) is 4.36. The van der Waals surface area contributed by atoms with Crippen LogP contribution in [0.3, 0.4) is 0 Å². The van der Waals surface area contributed by atoms with Crippen LogP contribution in [0.5, 0.6) is 0 Å². The van der Waals surface area contributed by atoms with E-state index in [0.717, 1.165) is 10.2 Å². The number of thiol groups is 1. The van der Waals surface area contributed by atoms with Gasteiger partial charge in [0.2, 0.25) is 0 Å². The molecule has 0 saturated carbocycles. The Bertz CT molecular complexity index is 445. The van der Waals surface area contributed by atoms with Crippen LogP contribution in [0.1, 0.15) is 11.1 Å². The molecule has 0 aliphatic carbocycles. The Labute approximate surface area is 95.5 Å². The lowest BCUT2D eigenvalue weighted by atomic mass is 10.1. The summed E-state index contributed by atoms with van der Waals surface area (Å²) in [5.74, 6) is 0. The van der Waals surface area contributed by atoms with Gasteiger partial charge in [-0.05, 0) is 40.9 Å². The second-order valence-corrected chi connectivity index (χ2v) is 4.96. The SMILES string of the molecule is Cc1c(CBr)c(S)cc2sccc12. The van der Waals surface area contributed by atoms with Crippen LogP contribution in [-0.2, 0) is 5.33 Å². The number of hydrogen-bond acceptors (Lipinski definition) is 2. The summed E-state index contributed by atoms with van der Waals surface area (Å²) in [7, 11) is 0. The molecule has 1 aromatic heterocycles. The molecular formula is C10H9BrS2. The monoisotopic (exact) mass is 272 g/mol. The van der Waals surface area contributed by atoms with Gasteiger partial charge < -0.3 is 0 Å². The Morgan fingerprint density at radius 2 is 2.31 bits per heavy atom. The molecule has 0 aliphatic rings. The quantitative estimate of drug-likeness (QED) is 0.578. The van der Waals surface area contributed by atoms with Crippen molar-refractivity contribution < 1.29 is 0 Å². The van der Waals surface area contributed by atoms with Crippen LogP contribution in [0.25, 0.3) is 10.1 Å². The number of hydrogen-bond donors (Lipinski definition) is 1. The first-order valence-electron chi connectivity index (χ1n) is 3.98. The molecular weight excluding hydrogens is 264 g/mol. The fourth-order valence-corrected chi connectivity index (χ4v) is 3.76. The van der Waals surface area contributed by atoms with E-state index >= 15 is 0 Å². The second-order valence-electron chi connectivity index (χ2n) is 2.97. The minimum absolute atomic E-state index is 0.878. The summed E-state index contributed by atoms with van der Waals surface area (Å²) in [4.78, 5) is 1.09. The van der Waals surface area contributed by atoms with Gasteiger partial charge in [-0.15, -0.1) is 24.0 Å². The number of rotatable bonds is 1. The normalized spacial score (nSPS) is 11.0. The number of alkyl halides is 1. The van der Waals surface area contributed by atoms with E-state index in [9.17, 15) is 0 Å². The number of aryl methyl sites for hydroxylation is 1. The molecule has 3 heteroatoms. The van der Waals surface area contributed by atoms with E-state index in [1.807, 2.05) is 0 Å². The minimum atomic E-state index is 0.878. The zero-order chi connectivity index (χ0) is 9.42. The molecule has 0 fully saturated rings. The van der Waals surface area contributed by atoms with Crippen LogP contribution in [0.2, 0.25) is 0 Å². The van der Waals surface area contributed by atoms with E-state index in [4.69, 9.17) is 0 Å². The highest BCUT2D eigenvalue weighted by atomic mass is 79.9. The van der Waals surface area contributed by atoms with Crippen molar-refractivity contribution in [2.75, 3.05) is 0 Å². The lowest BCUT2D eigenvalue weighted by molar-refractivity contribution is 1.25. The molecule has 0 saturated heterocycles. The Balaban J connectivity index is 2.85. The van der Waals surface area contributed by atoms with E-state index < -0.39 is 0 Å². The summed E-state index contributed by atoms with van der Waals surface area (Å²) < 4.78 is 1.33. The van der Waals surface area contributed by atoms with E-state index in [1.165, 1.54) is 21.2 Å². The smallest absolute Gasteiger partial charge is 0.0356 e. The third-order valence-electron chi connectivity index (χ3n) is 2.26. The Kier molecular flexibility index (Phi) is 2.67. The van der Waals surface area contributed by atoms with Gasteiger partial charge in [0.15, 0.2) is 0 Å². The molecule has 0 amide bonds. The first-order valence-corrected chi connectivity index (χ1v) is 6.43. The average Bonchev–Trinajstić information content (AvgIpc) is 2.53. The molecule has 2 rings (SSSR count). The highest BCUT2D eigenvalue weighted by molar-refractivity contribution is 9.08. The zero-order valence-corrected chi connectivity index (χ0v) is 10.5. The van der Waals surface area contributed by atoms with Crippen molar-refractivity contribution >= 4 is 50.0 Å². The molecule has 68 valence electrons. The Morgan fingerprint density at radius 3 is 3.00 bits per heavy atom. The average molecular weight is 273 g/mol. The lowest BCUT2D eigenvalue weighted by Gasteiger charge is -2.06. The number of fused-ring (bicyclic) bond motifs is 1. The van der Waals surface area contributed by atoms with Crippen LogP contribution in [0.15, 0.2) is 22.4 Å². The van der Waals surface area contributed by atoms with Gasteiger partial charge in [-0.3, -0.25) is 0 Å². The molecule has 0 aliphatic heterocycles. The van der Waals surface area contributed by atoms with Gasteiger partial charge in [0, 0.05) is 14.9 Å². The number of thiophene rings is 1. The first-order chi connectivity index (χ1) is 6.24. The molecule has 2 aromatic rings. The predicted octanol–water partition coefficient (Wildman–Crippen LogP) is 4.39. The second kappa shape index (κ2) is 3.64. The summed E-state index contributed by atoms with van der Waals surface area (Å²) >= 11 is 9.73.